The second kappa shape index (κ2) is 8.39. The molecule has 1 aromatic carbocycles. The van der Waals surface area contributed by atoms with E-state index < -0.39 is 27.6 Å². The fraction of sp³-hybridized carbons (Fsp3) is 0.632. The number of nitrogens with one attached hydrogen (secondary N) is 1. The van der Waals surface area contributed by atoms with E-state index in [1.54, 1.807) is 4.90 Å². The molecule has 0 aliphatic carbocycles. The number of benzene rings is 1. The summed E-state index contributed by atoms with van der Waals surface area (Å²) in [7, 11) is -3.23. The highest BCUT2D eigenvalue weighted by Crippen LogP contribution is 2.23. The number of amides is 1. The van der Waals surface area contributed by atoms with E-state index >= 15 is 0 Å². The summed E-state index contributed by atoms with van der Waals surface area (Å²) in [6.07, 6.45) is 0.123. The zero-order chi connectivity index (χ0) is 19.4. The number of hydrogen-bond donors (Lipinski definition) is 1. The van der Waals surface area contributed by atoms with E-state index in [2.05, 4.69) is 5.32 Å². The molecule has 2 rings (SSSR count). The van der Waals surface area contributed by atoms with Crippen LogP contribution in [0.2, 0.25) is 0 Å². The van der Waals surface area contributed by atoms with Crippen LogP contribution in [-0.4, -0.2) is 55.1 Å². The van der Waals surface area contributed by atoms with E-state index in [0.717, 1.165) is 5.56 Å². The average Bonchev–Trinajstić information content (AvgIpc) is 2.50. The van der Waals surface area contributed by atoms with Gasteiger partial charge in [0.25, 0.3) is 0 Å². The van der Waals surface area contributed by atoms with Crippen LogP contribution in [-0.2, 0) is 21.1 Å². The molecule has 26 heavy (non-hydrogen) atoms. The first kappa shape index (κ1) is 20.7. The smallest absolute Gasteiger partial charge is 0.410 e. The molecule has 1 aliphatic rings. The third kappa shape index (κ3) is 6.29. The quantitative estimate of drug-likeness (QED) is 0.847. The van der Waals surface area contributed by atoms with E-state index in [9.17, 15) is 13.2 Å². The molecule has 1 fully saturated rings. The summed E-state index contributed by atoms with van der Waals surface area (Å²) >= 11 is 0. The van der Waals surface area contributed by atoms with E-state index in [0.29, 0.717) is 19.5 Å². The first-order valence-electron chi connectivity index (χ1n) is 9.07. The number of nitrogens with zero attached hydrogens (tertiary/aromatic N) is 1. The van der Waals surface area contributed by atoms with Gasteiger partial charge in [0.05, 0.1) is 17.5 Å². The second-order valence-corrected chi connectivity index (χ2v) is 9.97. The highest BCUT2D eigenvalue weighted by Gasteiger charge is 2.38. The van der Waals surface area contributed by atoms with Crippen molar-refractivity contribution in [2.45, 2.75) is 58.3 Å². The minimum Gasteiger partial charge on any atom is -0.444 e. The van der Waals surface area contributed by atoms with Gasteiger partial charge >= 0.3 is 6.09 Å². The molecule has 0 bridgehead atoms. The Morgan fingerprint density at radius 3 is 2.46 bits per heavy atom. The van der Waals surface area contributed by atoms with Gasteiger partial charge in [-0.1, -0.05) is 37.3 Å². The van der Waals surface area contributed by atoms with Gasteiger partial charge in [-0.3, -0.25) is 4.90 Å². The molecule has 146 valence electrons. The summed E-state index contributed by atoms with van der Waals surface area (Å²) < 4.78 is 30.3. The van der Waals surface area contributed by atoms with Gasteiger partial charge in [-0.25, -0.2) is 13.2 Å². The second-order valence-electron chi connectivity index (χ2n) is 7.81. The zero-order valence-corrected chi connectivity index (χ0v) is 16.9. The van der Waals surface area contributed by atoms with Crippen molar-refractivity contribution in [3.8, 4) is 0 Å². The summed E-state index contributed by atoms with van der Waals surface area (Å²) in [6.45, 7) is 8.40. The van der Waals surface area contributed by atoms with Crippen LogP contribution < -0.4 is 5.32 Å². The van der Waals surface area contributed by atoms with Crippen molar-refractivity contribution in [2.24, 2.45) is 0 Å². The summed E-state index contributed by atoms with van der Waals surface area (Å²) in [5.74, 6) is 0.0891. The maximum Gasteiger partial charge on any atom is 0.410 e. The van der Waals surface area contributed by atoms with Crippen LogP contribution >= 0.6 is 0 Å². The molecule has 1 heterocycles. The third-order valence-corrected chi connectivity index (χ3v) is 6.02. The van der Waals surface area contributed by atoms with Crippen molar-refractivity contribution >= 4 is 15.9 Å². The molecule has 0 aromatic heterocycles. The van der Waals surface area contributed by atoms with Crippen molar-refractivity contribution in [3.63, 3.8) is 0 Å². The molecule has 7 heteroatoms. The topological polar surface area (TPSA) is 75.7 Å². The molecule has 2 unspecified atom stereocenters. The van der Waals surface area contributed by atoms with Crippen LogP contribution in [0.15, 0.2) is 30.3 Å². The van der Waals surface area contributed by atoms with Crippen molar-refractivity contribution in [1.29, 1.82) is 0 Å². The lowest BCUT2D eigenvalue weighted by atomic mass is 10.1. The highest BCUT2D eigenvalue weighted by atomic mass is 32.2. The van der Waals surface area contributed by atoms with Gasteiger partial charge in [0, 0.05) is 12.6 Å². The maximum absolute atomic E-state index is 12.8. The molecule has 1 N–H and O–H groups in total. The van der Waals surface area contributed by atoms with Gasteiger partial charge in [0.1, 0.15) is 5.60 Å². The van der Waals surface area contributed by atoms with E-state index in [1.165, 1.54) is 0 Å². The van der Waals surface area contributed by atoms with Crippen LogP contribution in [0.5, 0.6) is 0 Å². The van der Waals surface area contributed by atoms with Crippen molar-refractivity contribution < 1.29 is 17.9 Å². The predicted molar refractivity (Wildman–Crippen MR) is 103 cm³/mol. The number of rotatable bonds is 5. The SMILES string of the molecule is CCNC1CC(N(Cc2ccccc2)C(=O)OC(C)(C)C)CS(=O)(=O)C1. The summed E-state index contributed by atoms with van der Waals surface area (Å²) in [5, 5.41) is 3.22. The van der Waals surface area contributed by atoms with Gasteiger partial charge in [0.15, 0.2) is 9.84 Å². The Balaban J connectivity index is 2.27. The third-order valence-electron chi connectivity index (χ3n) is 4.22. The Hall–Kier alpha value is -1.60. The average molecular weight is 383 g/mol. The molecule has 2 atom stereocenters. The van der Waals surface area contributed by atoms with Crippen molar-refractivity contribution in [3.05, 3.63) is 35.9 Å². The molecule has 1 aromatic rings. The summed E-state index contributed by atoms with van der Waals surface area (Å²) in [4.78, 5) is 14.4. The van der Waals surface area contributed by atoms with Crippen LogP contribution in [0.25, 0.3) is 0 Å². The molecule has 6 nitrogen and oxygen atoms in total. The van der Waals surface area contributed by atoms with E-state index in [1.807, 2.05) is 58.0 Å². The number of hydrogen-bond acceptors (Lipinski definition) is 5. The molecule has 1 saturated heterocycles. The number of sulfone groups is 1. The molecule has 1 amide bonds. The van der Waals surface area contributed by atoms with Crippen LogP contribution in [0.4, 0.5) is 4.79 Å². The highest BCUT2D eigenvalue weighted by molar-refractivity contribution is 7.91. The molecule has 1 aliphatic heterocycles. The maximum atomic E-state index is 12.8. The van der Waals surface area contributed by atoms with E-state index in [-0.39, 0.29) is 17.5 Å². The fourth-order valence-corrected chi connectivity index (χ4v) is 5.13. The van der Waals surface area contributed by atoms with Crippen LogP contribution in [0.1, 0.15) is 39.7 Å². The summed E-state index contributed by atoms with van der Waals surface area (Å²) in [6, 6.07) is 9.02. The summed E-state index contributed by atoms with van der Waals surface area (Å²) in [5.41, 5.74) is 0.307. The van der Waals surface area contributed by atoms with E-state index in [4.69, 9.17) is 4.74 Å². The lowest BCUT2D eigenvalue weighted by molar-refractivity contribution is 0.0140. The normalized spacial score (nSPS) is 22.6. The Labute approximate surface area is 156 Å². The molecular formula is C19H30N2O4S. The molecule has 0 saturated carbocycles. The van der Waals surface area contributed by atoms with Gasteiger partial charge < -0.3 is 10.1 Å². The monoisotopic (exact) mass is 382 g/mol. The van der Waals surface area contributed by atoms with Gasteiger partial charge in [-0.2, -0.15) is 0 Å². The van der Waals surface area contributed by atoms with Gasteiger partial charge in [-0.15, -0.1) is 0 Å². The number of ether oxygens (including phenoxy) is 1. The Morgan fingerprint density at radius 2 is 1.88 bits per heavy atom. The number of carbonyl (C=O) groups excluding carboxylic acids is 1. The first-order chi connectivity index (χ1) is 12.1. The Morgan fingerprint density at radius 1 is 1.23 bits per heavy atom. The Kier molecular flexibility index (Phi) is 6.69. The predicted octanol–water partition coefficient (Wildman–Crippen LogP) is 2.59. The van der Waals surface area contributed by atoms with Gasteiger partial charge in [-0.05, 0) is 39.3 Å². The molecule has 0 spiro atoms. The minimum atomic E-state index is -3.23. The molecular weight excluding hydrogens is 352 g/mol. The zero-order valence-electron chi connectivity index (χ0n) is 16.1. The first-order valence-corrected chi connectivity index (χ1v) is 10.9. The minimum absolute atomic E-state index is 0.0268. The van der Waals surface area contributed by atoms with Crippen LogP contribution in [0, 0.1) is 0 Å². The standard InChI is InChI=1S/C19H30N2O4S/c1-5-20-16-11-17(14-26(23,24)13-16)21(18(22)25-19(2,3)4)12-15-9-7-6-8-10-15/h6-10,16-17,20H,5,11-14H2,1-4H3. The lowest BCUT2D eigenvalue weighted by Crippen LogP contribution is -2.54. The largest absolute Gasteiger partial charge is 0.444 e. The Bertz CT molecular complexity index is 698. The van der Waals surface area contributed by atoms with Gasteiger partial charge in [0.2, 0.25) is 0 Å². The van der Waals surface area contributed by atoms with Crippen molar-refractivity contribution in [1.82, 2.24) is 10.2 Å². The lowest BCUT2D eigenvalue weighted by Gasteiger charge is -2.38. The number of carbonyl (C=O) groups is 1. The van der Waals surface area contributed by atoms with Crippen molar-refractivity contribution in [2.75, 3.05) is 18.1 Å². The molecule has 0 radical (unpaired) electrons. The fourth-order valence-electron chi connectivity index (χ4n) is 3.22. The van der Waals surface area contributed by atoms with Crippen LogP contribution in [0.3, 0.4) is 0 Å².